The molecule has 1 aliphatic heterocycles. The van der Waals surface area contributed by atoms with E-state index < -0.39 is 9.84 Å². The average molecular weight is 552 g/mol. The Kier molecular flexibility index (Phi) is 11.5. The molecule has 212 valence electrons. The molecular weight excluding hydrogens is 510 g/mol. The van der Waals surface area contributed by atoms with Crippen LogP contribution in [0.5, 0.6) is 23.0 Å². The third-order valence-electron chi connectivity index (χ3n) is 6.41. The number of sulfone groups is 1. The summed E-state index contributed by atoms with van der Waals surface area (Å²) in [5.41, 5.74) is 7.41. The second-order valence-corrected chi connectivity index (χ2v) is 11.2. The van der Waals surface area contributed by atoms with Gasteiger partial charge in [-0.3, -0.25) is 0 Å². The van der Waals surface area contributed by atoms with Crippen LogP contribution in [0.15, 0.2) is 35.2 Å². The summed E-state index contributed by atoms with van der Waals surface area (Å²) in [7, 11) is 1.19. The van der Waals surface area contributed by atoms with Crippen LogP contribution in [0.2, 0.25) is 0 Å². The average Bonchev–Trinajstić information content (AvgIpc) is 3.42. The molecule has 1 saturated heterocycles. The van der Waals surface area contributed by atoms with Crippen LogP contribution < -0.4 is 24.7 Å². The lowest BCUT2D eigenvalue weighted by Gasteiger charge is -2.19. The maximum absolute atomic E-state index is 13.1. The lowest BCUT2D eigenvalue weighted by atomic mass is 10.0. The fourth-order valence-electron chi connectivity index (χ4n) is 4.48. The molecule has 2 atom stereocenters. The molecule has 1 heterocycles. The van der Waals surface area contributed by atoms with E-state index in [0.717, 1.165) is 30.4 Å². The zero-order chi connectivity index (χ0) is 27.5. The van der Waals surface area contributed by atoms with Gasteiger partial charge in [-0.2, -0.15) is 0 Å². The molecule has 2 N–H and O–H groups in total. The number of hydrogen-bond acceptors (Lipinski definition) is 9. The number of methoxy groups -OCH3 is 3. The molecule has 0 unspecified atom stereocenters. The molecule has 2 aromatic carbocycles. The second-order valence-electron chi connectivity index (χ2n) is 9.13. The van der Waals surface area contributed by atoms with Crippen molar-refractivity contribution in [3.05, 3.63) is 41.5 Å². The summed E-state index contributed by atoms with van der Waals surface area (Å²) in [6.45, 7) is 3.85. The van der Waals surface area contributed by atoms with E-state index in [4.69, 9.17) is 34.2 Å². The fourth-order valence-corrected chi connectivity index (χ4v) is 5.90. The van der Waals surface area contributed by atoms with Gasteiger partial charge >= 0.3 is 0 Å². The monoisotopic (exact) mass is 551 g/mol. The maximum Gasteiger partial charge on any atom is 0.203 e. The number of nitrogens with two attached hydrogens (primary N) is 1. The van der Waals surface area contributed by atoms with Crippen LogP contribution in [-0.4, -0.2) is 61.9 Å². The highest BCUT2D eigenvalue weighted by molar-refractivity contribution is 7.91. The molecule has 2 aromatic rings. The van der Waals surface area contributed by atoms with Crippen molar-refractivity contribution in [1.82, 2.24) is 0 Å². The van der Waals surface area contributed by atoms with Crippen LogP contribution in [-0.2, 0) is 19.3 Å². The van der Waals surface area contributed by atoms with E-state index in [1.54, 1.807) is 33.5 Å². The molecule has 0 aliphatic carbocycles. The highest BCUT2D eigenvalue weighted by Gasteiger charge is 2.31. The first kappa shape index (κ1) is 30.0. The third kappa shape index (κ3) is 7.53. The van der Waals surface area contributed by atoms with Crippen LogP contribution in [0.1, 0.15) is 62.4 Å². The van der Waals surface area contributed by atoms with Gasteiger partial charge in [-0.1, -0.05) is 13.0 Å². The molecule has 1 aliphatic rings. The zero-order valence-electron chi connectivity index (χ0n) is 22.9. The van der Waals surface area contributed by atoms with Crippen LogP contribution in [0, 0.1) is 0 Å². The van der Waals surface area contributed by atoms with E-state index in [1.807, 2.05) is 25.1 Å². The normalized spacial score (nSPS) is 17.4. The minimum absolute atomic E-state index is 0.00749. The van der Waals surface area contributed by atoms with Crippen molar-refractivity contribution in [2.75, 3.05) is 53.4 Å². The van der Waals surface area contributed by atoms with Gasteiger partial charge in [-0.15, -0.1) is 0 Å². The summed E-state index contributed by atoms with van der Waals surface area (Å²) in [5.74, 6) is 2.00. The Balaban J connectivity index is 1.80. The first-order chi connectivity index (χ1) is 18.4. The molecule has 3 rings (SSSR count). The van der Waals surface area contributed by atoms with Crippen LogP contribution in [0.25, 0.3) is 0 Å². The smallest absolute Gasteiger partial charge is 0.203 e. The Morgan fingerprint density at radius 1 is 0.868 bits per heavy atom. The molecule has 0 amide bonds. The van der Waals surface area contributed by atoms with Gasteiger partial charge in [0.15, 0.2) is 21.3 Å². The van der Waals surface area contributed by atoms with Crippen molar-refractivity contribution < 1.29 is 36.8 Å². The summed E-state index contributed by atoms with van der Waals surface area (Å²) in [4.78, 5) is 0.188. The Morgan fingerprint density at radius 2 is 1.53 bits per heavy atom. The van der Waals surface area contributed by atoms with Gasteiger partial charge in [0.05, 0.1) is 45.9 Å². The molecule has 9 nitrogen and oxygen atoms in total. The topological polar surface area (TPSA) is 116 Å². The summed E-state index contributed by atoms with van der Waals surface area (Å²) in [6.07, 6.45) is 3.11. The molecule has 10 heteroatoms. The van der Waals surface area contributed by atoms with E-state index >= 15 is 0 Å². The lowest BCUT2D eigenvalue weighted by Crippen LogP contribution is -2.13. The van der Waals surface area contributed by atoms with Gasteiger partial charge in [-0.25, -0.2) is 8.42 Å². The van der Waals surface area contributed by atoms with E-state index in [1.165, 1.54) is 0 Å². The number of hydrogen-bond donors (Lipinski definition) is 1. The van der Waals surface area contributed by atoms with E-state index in [2.05, 4.69) is 0 Å². The fraction of sp³-hybridized carbons (Fsp3) is 0.571. The number of ether oxygens (including phenoxy) is 6. The Labute approximate surface area is 226 Å². The quantitative estimate of drug-likeness (QED) is 0.298. The summed E-state index contributed by atoms with van der Waals surface area (Å²) >= 11 is 0. The first-order valence-electron chi connectivity index (χ1n) is 13.1. The number of rotatable bonds is 16. The van der Waals surface area contributed by atoms with Gasteiger partial charge in [0.25, 0.3) is 0 Å². The number of benzene rings is 2. The van der Waals surface area contributed by atoms with Crippen molar-refractivity contribution in [2.24, 2.45) is 5.73 Å². The van der Waals surface area contributed by atoms with Gasteiger partial charge in [0.2, 0.25) is 5.75 Å². The predicted molar refractivity (Wildman–Crippen MR) is 145 cm³/mol. The van der Waals surface area contributed by atoms with Gasteiger partial charge < -0.3 is 34.2 Å². The van der Waals surface area contributed by atoms with Gasteiger partial charge in [0.1, 0.15) is 10.6 Å². The Morgan fingerprint density at radius 3 is 2.13 bits per heavy atom. The van der Waals surface area contributed by atoms with Crippen LogP contribution in [0.3, 0.4) is 0 Å². The molecule has 0 spiro atoms. The van der Waals surface area contributed by atoms with E-state index in [9.17, 15) is 8.42 Å². The van der Waals surface area contributed by atoms with Crippen molar-refractivity contribution >= 4 is 9.84 Å². The molecular formula is C28H41NO8S. The molecule has 0 bridgehead atoms. The standard InChI is InChI=1S/C28H41NO8S/c1-5-13-35-14-7-16-38(30,31)27-11-8-20(17-24(27)36-15-6-12-29)22-9-10-23(37-22)21-18-25(32-2)28(34-4)26(19-21)33-3/h8,11,17-19,22-23H,5-7,9-10,12-16,29H2,1-4H3/t22-,23-/m0/s1. The van der Waals surface area contributed by atoms with E-state index in [0.29, 0.717) is 62.2 Å². The largest absolute Gasteiger partial charge is 0.493 e. The molecule has 0 saturated carbocycles. The van der Waals surface area contributed by atoms with Crippen molar-refractivity contribution in [3.8, 4) is 23.0 Å². The van der Waals surface area contributed by atoms with Gasteiger partial charge in [-0.05, 0) is 74.0 Å². The summed E-state index contributed by atoms with van der Waals surface area (Å²) < 4.78 is 60.5. The minimum atomic E-state index is -3.55. The second kappa shape index (κ2) is 14.6. The molecule has 1 fully saturated rings. The third-order valence-corrected chi connectivity index (χ3v) is 8.24. The lowest BCUT2D eigenvalue weighted by molar-refractivity contribution is 0.0436. The van der Waals surface area contributed by atoms with Crippen molar-refractivity contribution in [3.63, 3.8) is 0 Å². The molecule has 0 aromatic heterocycles. The summed E-state index contributed by atoms with van der Waals surface area (Å²) in [5, 5.41) is 0. The first-order valence-corrected chi connectivity index (χ1v) is 14.8. The van der Waals surface area contributed by atoms with Crippen LogP contribution >= 0.6 is 0 Å². The predicted octanol–water partition coefficient (Wildman–Crippen LogP) is 4.62. The Bertz CT molecular complexity index is 1110. The van der Waals surface area contributed by atoms with Crippen molar-refractivity contribution in [2.45, 2.75) is 56.1 Å². The summed E-state index contributed by atoms with van der Waals surface area (Å²) in [6, 6.07) is 9.04. The zero-order valence-corrected chi connectivity index (χ0v) is 23.7. The van der Waals surface area contributed by atoms with Gasteiger partial charge in [0, 0.05) is 13.2 Å². The van der Waals surface area contributed by atoms with Crippen LogP contribution in [0.4, 0.5) is 0 Å². The molecule has 0 radical (unpaired) electrons. The van der Waals surface area contributed by atoms with Crippen molar-refractivity contribution in [1.29, 1.82) is 0 Å². The molecule has 38 heavy (non-hydrogen) atoms. The maximum atomic E-state index is 13.1. The highest BCUT2D eigenvalue weighted by Crippen LogP contribution is 2.46. The van der Waals surface area contributed by atoms with E-state index in [-0.39, 0.29) is 22.9 Å². The highest BCUT2D eigenvalue weighted by atomic mass is 32.2. The minimum Gasteiger partial charge on any atom is -0.493 e. The Hall–Kier alpha value is -2.53. The SMILES string of the molecule is CCCOCCCS(=O)(=O)c1ccc([C@@H]2CC[C@@H](c3cc(OC)c(OC)c(OC)c3)O2)cc1OCCCN.